The van der Waals surface area contributed by atoms with Gasteiger partial charge in [0.2, 0.25) is 10.0 Å². The van der Waals surface area contributed by atoms with E-state index in [1.54, 1.807) is 17.5 Å². The van der Waals surface area contributed by atoms with Crippen molar-refractivity contribution in [2.45, 2.75) is 10.8 Å². The minimum atomic E-state index is -3.38. The van der Waals surface area contributed by atoms with E-state index in [-0.39, 0.29) is 0 Å². The molecule has 1 heterocycles. The van der Waals surface area contributed by atoms with E-state index in [1.807, 2.05) is 43.3 Å². The Balaban J connectivity index is 2.03. The summed E-state index contributed by atoms with van der Waals surface area (Å²) in [7, 11) is 0.550. The first-order chi connectivity index (χ1) is 8.99. The molecule has 102 valence electrons. The van der Waals surface area contributed by atoms with Gasteiger partial charge >= 0.3 is 0 Å². The molecule has 2 aromatic rings. The van der Waals surface area contributed by atoms with Gasteiger partial charge in [0.25, 0.3) is 0 Å². The van der Waals surface area contributed by atoms with E-state index in [0.29, 0.717) is 10.8 Å². The van der Waals surface area contributed by atoms with Gasteiger partial charge in [-0.3, -0.25) is 0 Å². The van der Waals surface area contributed by atoms with E-state index in [0.717, 1.165) is 11.3 Å². The van der Waals surface area contributed by atoms with Crippen LogP contribution in [0.15, 0.2) is 46.0 Å². The van der Waals surface area contributed by atoms with Crippen molar-refractivity contribution in [2.75, 3.05) is 19.0 Å². The molecule has 6 heteroatoms. The van der Waals surface area contributed by atoms with Gasteiger partial charge in [-0.2, -0.15) is 0 Å². The number of thiophene rings is 1. The SMILES string of the molecule is CN(C)c1ccc(CNS(=O)(=O)c2cccs2)cc1. The number of nitrogens with one attached hydrogen (secondary N) is 1. The zero-order valence-corrected chi connectivity index (χ0v) is 12.5. The second-order valence-electron chi connectivity index (χ2n) is 4.32. The summed E-state index contributed by atoms with van der Waals surface area (Å²) in [5.41, 5.74) is 2.02. The van der Waals surface area contributed by atoms with Crippen molar-refractivity contribution in [3.8, 4) is 0 Å². The number of rotatable bonds is 5. The normalized spacial score (nSPS) is 11.5. The highest BCUT2D eigenvalue weighted by Crippen LogP contribution is 2.16. The van der Waals surface area contributed by atoms with Gasteiger partial charge in [0, 0.05) is 26.3 Å². The summed E-state index contributed by atoms with van der Waals surface area (Å²) < 4.78 is 26.8. The van der Waals surface area contributed by atoms with E-state index in [9.17, 15) is 8.42 Å². The van der Waals surface area contributed by atoms with Gasteiger partial charge in [-0.25, -0.2) is 13.1 Å². The fourth-order valence-corrected chi connectivity index (χ4v) is 3.63. The van der Waals surface area contributed by atoms with Gasteiger partial charge < -0.3 is 4.90 Å². The molecule has 0 saturated carbocycles. The van der Waals surface area contributed by atoms with Crippen molar-refractivity contribution in [1.82, 2.24) is 4.72 Å². The Morgan fingerprint density at radius 3 is 2.37 bits per heavy atom. The second kappa shape index (κ2) is 5.73. The quantitative estimate of drug-likeness (QED) is 0.921. The fourth-order valence-electron chi connectivity index (χ4n) is 1.58. The summed E-state index contributed by atoms with van der Waals surface area (Å²) in [5, 5.41) is 1.75. The van der Waals surface area contributed by atoms with Crippen LogP contribution in [0.2, 0.25) is 0 Å². The van der Waals surface area contributed by atoms with Gasteiger partial charge in [0.05, 0.1) is 0 Å². The van der Waals surface area contributed by atoms with Crippen LogP contribution in [0.25, 0.3) is 0 Å². The molecule has 1 aromatic heterocycles. The smallest absolute Gasteiger partial charge is 0.250 e. The molecule has 0 fully saturated rings. The Morgan fingerprint density at radius 1 is 1.16 bits per heavy atom. The molecule has 0 bridgehead atoms. The van der Waals surface area contributed by atoms with Crippen molar-refractivity contribution >= 4 is 27.0 Å². The lowest BCUT2D eigenvalue weighted by atomic mass is 10.2. The number of nitrogens with zero attached hydrogens (tertiary/aromatic N) is 1. The highest BCUT2D eigenvalue weighted by molar-refractivity contribution is 7.91. The van der Waals surface area contributed by atoms with Crippen LogP contribution in [-0.2, 0) is 16.6 Å². The number of anilines is 1. The third kappa shape index (κ3) is 3.56. The molecule has 0 saturated heterocycles. The highest BCUT2D eigenvalue weighted by atomic mass is 32.2. The average molecular weight is 296 g/mol. The van der Waals surface area contributed by atoms with Gasteiger partial charge in [0.1, 0.15) is 4.21 Å². The fraction of sp³-hybridized carbons (Fsp3) is 0.231. The molecule has 1 N–H and O–H groups in total. The number of hydrogen-bond acceptors (Lipinski definition) is 4. The molecule has 0 unspecified atom stereocenters. The Hall–Kier alpha value is -1.37. The third-order valence-electron chi connectivity index (χ3n) is 2.68. The van der Waals surface area contributed by atoms with Crippen LogP contribution in [-0.4, -0.2) is 22.5 Å². The molecule has 0 atom stereocenters. The maximum absolute atomic E-state index is 11.9. The first-order valence-corrected chi connectivity index (χ1v) is 8.15. The van der Waals surface area contributed by atoms with Crippen LogP contribution in [0.4, 0.5) is 5.69 Å². The van der Waals surface area contributed by atoms with Crippen LogP contribution in [0.3, 0.4) is 0 Å². The predicted octanol–water partition coefficient (Wildman–Crippen LogP) is 2.29. The van der Waals surface area contributed by atoms with Crippen LogP contribution >= 0.6 is 11.3 Å². The molecule has 0 aliphatic carbocycles. The molecule has 19 heavy (non-hydrogen) atoms. The van der Waals surface area contributed by atoms with Crippen molar-refractivity contribution < 1.29 is 8.42 Å². The summed E-state index contributed by atoms with van der Waals surface area (Å²) in [6.07, 6.45) is 0. The molecule has 0 aliphatic rings. The van der Waals surface area contributed by atoms with E-state index in [4.69, 9.17) is 0 Å². The largest absolute Gasteiger partial charge is 0.378 e. The standard InChI is InChI=1S/C13H16N2O2S2/c1-15(2)12-7-5-11(6-8-12)10-14-19(16,17)13-4-3-9-18-13/h3-9,14H,10H2,1-2H3. The van der Waals surface area contributed by atoms with E-state index < -0.39 is 10.0 Å². The molecule has 0 radical (unpaired) electrons. The lowest BCUT2D eigenvalue weighted by molar-refractivity contribution is 0.583. The molecule has 0 spiro atoms. The molecule has 4 nitrogen and oxygen atoms in total. The minimum Gasteiger partial charge on any atom is -0.378 e. The van der Waals surface area contributed by atoms with Gasteiger partial charge in [-0.05, 0) is 29.1 Å². The van der Waals surface area contributed by atoms with Crippen molar-refractivity contribution in [2.24, 2.45) is 0 Å². The van der Waals surface area contributed by atoms with Crippen LogP contribution in [0.5, 0.6) is 0 Å². The zero-order chi connectivity index (χ0) is 13.9. The maximum Gasteiger partial charge on any atom is 0.250 e. The Bertz CT molecular complexity index is 617. The van der Waals surface area contributed by atoms with Gasteiger partial charge in [-0.1, -0.05) is 18.2 Å². The summed E-state index contributed by atoms with van der Waals surface area (Å²) in [6.45, 7) is 0.300. The summed E-state index contributed by atoms with van der Waals surface area (Å²) in [4.78, 5) is 2.00. The van der Waals surface area contributed by atoms with Crippen molar-refractivity contribution in [1.29, 1.82) is 0 Å². The maximum atomic E-state index is 11.9. The van der Waals surface area contributed by atoms with E-state index in [2.05, 4.69) is 4.72 Å². The van der Waals surface area contributed by atoms with Crippen LogP contribution in [0, 0.1) is 0 Å². The Labute approximate surface area is 117 Å². The molecule has 1 aromatic carbocycles. The number of benzene rings is 1. The van der Waals surface area contributed by atoms with Gasteiger partial charge in [0.15, 0.2) is 0 Å². The molecule has 0 aliphatic heterocycles. The topological polar surface area (TPSA) is 49.4 Å². The first kappa shape index (κ1) is 14.0. The monoisotopic (exact) mass is 296 g/mol. The summed E-state index contributed by atoms with van der Waals surface area (Å²) in [6, 6.07) is 11.1. The highest BCUT2D eigenvalue weighted by Gasteiger charge is 2.14. The molecular weight excluding hydrogens is 280 g/mol. The van der Waals surface area contributed by atoms with Crippen molar-refractivity contribution in [3.63, 3.8) is 0 Å². The predicted molar refractivity (Wildman–Crippen MR) is 79.1 cm³/mol. The number of sulfonamides is 1. The lowest BCUT2D eigenvalue weighted by Crippen LogP contribution is -2.22. The molecule has 0 amide bonds. The number of hydrogen-bond donors (Lipinski definition) is 1. The third-order valence-corrected chi connectivity index (χ3v) is 5.48. The van der Waals surface area contributed by atoms with Crippen LogP contribution < -0.4 is 9.62 Å². The van der Waals surface area contributed by atoms with Gasteiger partial charge in [-0.15, -0.1) is 11.3 Å². The average Bonchev–Trinajstić information content (AvgIpc) is 2.91. The first-order valence-electron chi connectivity index (χ1n) is 5.78. The van der Waals surface area contributed by atoms with Crippen molar-refractivity contribution in [3.05, 3.63) is 47.3 Å². The van der Waals surface area contributed by atoms with Crippen LogP contribution in [0.1, 0.15) is 5.56 Å². The lowest BCUT2D eigenvalue weighted by Gasteiger charge is -2.12. The molecule has 2 rings (SSSR count). The Kier molecular flexibility index (Phi) is 4.24. The minimum absolute atomic E-state index is 0.300. The summed E-state index contributed by atoms with van der Waals surface area (Å²) >= 11 is 1.21. The Morgan fingerprint density at radius 2 is 1.84 bits per heavy atom. The summed E-state index contributed by atoms with van der Waals surface area (Å²) in [5.74, 6) is 0. The second-order valence-corrected chi connectivity index (χ2v) is 7.26. The van der Waals surface area contributed by atoms with E-state index >= 15 is 0 Å². The molecular formula is C13H16N2O2S2. The zero-order valence-electron chi connectivity index (χ0n) is 10.8. The van der Waals surface area contributed by atoms with E-state index in [1.165, 1.54) is 11.3 Å².